The first-order valence-corrected chi connectivity index (χ1v) is 10.9. The van der Waals surface area contributed by atoms with E-state index >= 15 is 0 Å². The summed E-state index contributed by atoms with van der Waals surface area (Å²) in [6, 6.07) is 5.78. The van der Waals surface area contributed by atoms with E-state index < -0.39 is 5.54 Å². The van der Waals surface area contributed by atoms with Gasteiger partial charge in [-0.15, -0.1) is 0 Å². The van der Waals surface area contributed by atoms with Crippen molar-refractivity contribution in [2.24, 2.45) is 11.8 Å². The van der Waals surface area contributed by atoms with Gasteiger partial charge in [0.1, 0.15) is 11.3 Å². The zero-order valence-corrected chi connectivity index (χ0v) is 19.0. The molecule has 4 atom stereocenters. The topological polar surface area (TPSA) is 68.3 Å². The Morgan fingerprint density at radius 3 is 2.71 bits per heavy atom. The highest BCUT2D eigenvalue weighted by atomic mass is 16.5. The third kappa shape index (κ3) is 3.04. The first-order valence-electron chi connectivity index (χ1n) is 10.9. The molecule has 0 saturated carbocycles. The van der Waals surface area contributed by atoms with Crippen LogP contribution in [0.5, 0.6) is 5.75 Å². The van der Waals surface area contributed by atoms with Gasteiger partial charge in [-0.2, -0.15) is 0 Å². The third-order valence-electron chi connectivity index (χ3n) is 7.68. The molecule has 1 unspecified atom stereocenters. The molecule has 2 saturated heterocycles. The van der Waals surface area contributed by atoms with Crippen LogP contribution < -0.4 is 9.64 Å². The third-order valence-corrected chi connectivity index (χ3v) is 7.68. The van der Waals surface area contributed by atoms with Gasteiger partial charge in [-0.05, 0) is 36.8 Å². The van der Waals surface area contributed by atoms with Gasteiger partial charge in [0.25, 0.3) is 0 Å². The Hall–Kier alpha value is -2.54. The van der Waals surface area contributed by atoms with Gasteiger partial charge >= 0.3 is 5.97 Å². The Morgan fingerprint density at radius 1 is 1.29 bits per heavy atom. The first kappa shape index (κ1) is 21.7. The lowest BCUT2D eigenvalue weighted by Crippen LogP contribution is -2.60. The summed E-state index contributed by atoms with van der Waals surface area (Å²) in [7, 11) is 6.57. The number of ether oxygens (including phenoxy) is 3. The number of hydrogen-bond donors (Lipinski definition) is 0. The highest BCUT2D eigenvalue weighted by Crippen LogP contribution is 2.53. The molecule has 3 aliphatic rings. The van der Waals surface area contributed by atoms with Gasteiger partial charge in [-0.3, -0.25) is 9.69 Å². The lowest BCUT2D eigenvalue weighted by atomic mass is 9.71. The monoisotopic (exact) mass is 428 g/mol. The second kappa shape index (κ2) is 8.19. The lowest BCUT2D eigenvalue weighted by molar-refractivity contribution is -0.137. The SMILES string of the molecule is CC[C@@H]1CN2CC[C@@]3(C(=O)c4c(OC)cccc4N3C)C2C[C@@H]1/C(=C\OC)C(=O)OC. The van der Waals surface area contributed by atoms with Crippen molar-refractivity contribution in [3.05, 3.63) is 35.6 Å². The van der Waals surface area contributed by atoms with E-state index in [4.69, 9.17) is 14.2 Å². The number of likely N-dealkylation sites (N-methyl/N-ethyl adjacent to an activating group) is 1. The first-order chi connectivity index (χ1) is 14.9. The summed E-state index contributed by atoms with van der Waals surface area (Å²) in [6.07, 6.45) is 3.93. The normalized spacial score (nSPS) is 30.4. The largest absolute Gasteiger partial charge is 0.504 e. The molecule has 0 aliphatic carbocycles. The van der Waals surface area contributed by atoms with E-state index in [1.807, 2.05) is 25.2 Å². The number of nitrogens with zero attached hydrogens (tertiary/aromatic N) is 2. The summed E-state index contributed by atoms with van der Waals surface area (Å²) >= 11 is 0. The number of benzene rings is 1. The van der Waals surface area contributed by atoms with Crippen molar-refractivity contribution in [3.63, 3.8) is 0 Å². The van der Waals surface area contributed by atoms with Crippen LogP contribution in [0.3, 0.4) is 0 Å². The van der Waals surface area contributed by atoms with E-state index in [-0.39, 0.29) is 23.7 Å². The minimum Gasteiger partial charge on any atom is -0.504 e. The number of carbonyl (C=O) groups is 2. The summed E-state index contributed by atoms with van der Waals surface area (Å²) in [6.45, 7) is 3.86. The maximum absolute atomic E-state index is 13.9. The fourth-order valence-corrected chi connectivity index (χ4v) is 6.13. The van der Waals surface area contributed by atoms with Crippen LogP contribution in [0, 0.1) is 11.8 Å². The second-order valence-corrected chi connectivity index (χ2v) is 8.74. The molecule has 0 aromatic heterocycles. The Bertz CT molecular complexity index is 913. The molecule has 0 bridgehead atoms. The van der Waals surface area contributed by atoms with Crippen LogP contribution >= 0.6 is 0 Å². The Balaban J connectivity index is 1.75. The maximum Gasteiger partial charge on any atom is 0.337 e. The lowest BCUT2D eigenvalue weighted by Gasteiger charge is -2.47. The number of piperidine rings is 1. The molecule has 7 nitrogen and oxygen atoms in total. The van der Waals surface area contributed by atoms with Gasteiger partial charge in [-0.25, -0.2) is 4.79 Å². The van der Waals surface area contributed by atoms with Gasteiger partial charge in [0.05, 0.1) is 44.4 Å². The summed E-state index contributed by atoms with van der Waals surface area (Å²) in [5, 5.41) is 0. The fraction of sp³-hybridized carbons (Fsp3) is 0.583. The van der Waals surface area contributed by atoms with E-state index in [1.54, 1.807) is 14.2 Å². The van der Waals surface area contributed by atoms with E-state index in [1.165, 1.54) is 13.4 Å². The van der Waals surface area contributed by atoms with E-state index in [9.17, 15) is 9.59 Å². The number of hydrogen-bond acceptors (Lipinski definition) is 7. The van der Waals surface area contributed by atoms with Crippen LogP contribution in [0.1, 0.15) is 36.5 Å². The highest BCUT2D eigenvalue weighted by molar-refractivity contribution is 6.16. The zero-order valence-electron chi connectivity index (χ0n) is 19.0. The van der Waals surface area contributed by atoms with Crippen molar-refractivity contribution in [2.45, 2.75) is 37.8 Å². The second-order valence-electron chi connectivity index (χ2n) is 8.74. The molecular weight excluding hydrogens is 396 g/mol. The molecule has 7 heteroatoms. The molecule has 31 heavy (non-hydrogen) atoms. The average Bonchev–Trinajstić information content (AvgIpc) is 3.28. The summed E-state index contributed by atoms with van der Waals surface area (Å²) in [5.41, 5.74) is 1.49. The molecule has 3 aliphatic heterocycles. The molecule has 1 aromatic carbocycles. The summed E-state index contributed by atoms with van der Waals surface area (Å²) < 4.78 is 15.9. The predicted molar refractivity (Wildman–Crippen MR) is 117 cm³/mol. The van der Waals surface area contributed by atoms with Crippen molar-refractivity contribution in [1.29, 1.82) is 0 Å². The van der Waals surface area contributed by atoms with Crippen molar-refractivity contribution >= 4 is 17.4 Å². The van der Waals surface area contributed by atoms with Crippen LogP contribution in [0.4, 0.5) is 5.69 Å². The fourth-order valence-electron chi connectivity index (χ4n) is 6.13. The van der Waals surface area contributed by atoms with Crippen molar-refractivity contribution in [1.82, 2.24) is 4.90 Å². The number of carbonyl (C=O) groups excluding carboxylic acids is 2. The number of esters is 1. The summed E-state index contributed by atoms with van der Waals surface area (Å²) in [4.78, 5) is 31.1. The van der Waals surface area contributed by atoms with E-state index in [0.29, 0.717) is 29.2 Å². The molecule has 1 spiro atoms. The number of ketones is 1. The van der Waals surface area contributed by atoms with Crippen LogP contribution in [0.25, 0.3) is 0 Å². The maximum atomic E-state index is 13.9. The van der Waals surface area contributed by atoms with Crippen molar-refractivity contribution < 1.29 is 23.8 Å². The smallest absolute Gasteiger partial charge is 0.337 e. The minimum atomic E-state index is -0.651. The highest BCUT2D eigenvalue weighted by Gasteiger charge is 2.62. The number of rotatable bonds is 5. The van der Waals surface area contributed by atoms with Crippen LogP contribution in [0.2, 0.25) is 0 Å². The van der Waals surface area contributed by atoms with Crippen molar-refractivity contribution in [3.8, 4) is 5.75 Å². The number of Topliss-reactive ketones (excluding diaryl/α,β-unsaturated/α-hetero) is 1. The van der Waals surface area contributed by atoms with Gasteiger partial charge in [-0.1, -0.05) is 19.4 Å². The molecule has 4 rings (SSSR count). The molecule has 168 valence electrons. The predicted octanol–water partition coefficient (Wildman–Crippen LogP) is 2.89. The summed E-state index contributed by atoms with van der Waals surface area (Å²) in [5.74, 6) is 0.657. The van der Waals surface area contributed by atoms with E-state index in [0.717, 1.165) is 31.6 Å². The Kier molecular flexibility index (Phi) is 5.73. The number of anilines is 1. The average molecular weight is 429 g/mol. The quantitative estimate of drug-likeness (QED) is 0.406. The molecule has 2 fully saturated rings. The number of fused-ring (bicyclic) bond motifs is 3. The Morgan fingerprint density at radius 2 is 2.06 bits per heavy atom. The van der Waals surface area contributed by atoms with Crippen molar-refractivity contribution in [2.75, 3.05) is 46.4 Å². The molecule has 0 amide bonds. The van der Waals surface area contributed by atoms with Gasteiger partial charge in [0.2, 0.25) is 0 Å². The van der Waals surface area contributed by atoms with Gasteiger partial charge in [0.15, 0.2) is 5.78 Å². The zero-order chi connectivity index (χ0) is 22.3. The van der Waals surface area contributed by atoms with Gasteiger partial charge < -0.3 is 19.1 Å². The number of methoxy groups -OCH3 is 3. The molecular formula is C24H32N2O5. The van der Waals surface area contributed by atoms with Crippen LogP contribution in [-0.4, -0.2) is 69.7 Å². The van der Waals surface area contributed by atoms with Crippen LogP contribution in [0.15, 0.2) is 30.0 Å². The standard InChI is InChI=1S/C24H32N2O5/c1-6-15-13-26-11-10-24(20(26)12-16(15)17(14-29-3)23(28)31-5)22(27)21-18(25(24)2)8-7-9-19(21)30-4/h7-9,14-16,20H,6,10-13H2,1-5H3/b17-14+/t15-,16+,20?,24+/m1/s1. The van der Waals surface area contributed by atoms with Gasteiger partial charge in [0, 0.05) is 26.2 Å². The Labute approximate surface area is 183 Å². The van der Waals surface area contributed by atoms with Crippen LogP contribution in [-0.2, 0) is 14.3 Å². The molecule has 0 N–H and O–H groups in total. The molecule has 1 aromatic rings. The molecule has 0 radical (unpaired) electrons. The molecule has 3 heterocycles. The minimum absolute atomic E-state index is 0.000168. The van der Waals surface area contributed by atoms with E-state index in [2.05, 4.69) is 16.7 Å².